The summed E-state index contributed by atoms with van der Waals surface area (Å²) in [6, 6.07) is 10.8. The minimum absolute atomic E-state index is 0.618. The molecule has 0 atom stereocenters. The summed E-state index contributed by atoms with van der Waals surface area (Å²) in [6.07, 6.45) is 2.79. The van der Waals surface area contributed by atoms with Crippen molar-refractivity contribution in [2.45, 2.75) is 19.4 Å². The third kappa shape index (κ3) is 2.00. The van der Waals surface area contributed by atoms with Gasteiger partial charge in [0.25, 0.3) is 0 Å². The smallest absolute Gasteiger partial charge is 0.0233 e. The standard InChI is InChI=1S/C14H20N2/c1-2-5-13(6-3-1)9-16-8-4-7-14(12-16)10-15-11-14/h1-3,5-6,15H,4,7-12H2. The van der Waals surface area contributed by atoms with Crippen molar-refractivity contribution in [1.29, 1.82) is 0 Å². The van der Waals surface area contributed by atoms with Gasteiger partial charge in [0.15, 0.2) is 0 Å². The van der Waals surface area contributed by atoms with Crippen molar-refractivity contribution in [1.82, 2.24) is 10.2 Å². The number of piperidine rings is 1. The average molecular weight is 216 g/mol. The monoisotopic (exact) mass is 216 g/mol. The molecule has 0 aromatic heterocycles. The molecule has 1 aromatic carbocycles. The van der Waals surface area contributed by atoms with Crippen molar-refractivity contribution in [2.24, 2.45) is 5.41 Å². The van der Waals surface area contributed by atoms with E-state index in [9.17, 15) is 0 Å². The number of hydrogen-bond donors (Lipinski definition) is 1. The van der Waals surface area contributed by atoms with Crippen LogP contribution in [0.5, 0.6) is 0 Å². The predicted molar refractivity (Wildman–Crippen MR) is 66.3 cm³/mol. The van der Waals surface area contributed by atoms with Gasteiger partial charge in [-0.1, -0.05) is 30.3 Å². The third-order valence-corrected chi connectivity index (χ3v) is 3.99. The van der Waals surface area contributed by atoms with Crippen LogP contribution in [0.25, 0.3) is 0 Å². The first-order valence-corrected chi connectivity index (χ1v) is 6.33. The molecule has 2 heteroatoms. The van der Waals surface area contributed by atoms with Crippen LogP contribution in [0.15, 0.2) is 30.3 Å². The van der Waals surface area contributed by atoms with Crippen LogP contribution in [0.1, 0.15) is 18.4 Å². The van der Waals surface area contributed by atoms with Gasteiger partial charge in [0.1, 0.15) is 0 Å². The van der Waals surface area contributed by atoms with Crippen LogP contribution in [0.3, 0.4) is 0 Å². The van der Waals surface area contributed by atoms with Crippen LogP contribution >= 0.6 is 0 Å². The predicted octanol–water partition coefficient (Wildman–Crippen LogP) is 1.87. The first-order chi connectivity index (χ1) is 7.86. The van der Waals surface area contributed by atoms with Crippen LogP contribution in [-0.2, 0) is 6.54 Å². The quantitative estimate of drug-likeness (QED) is 0.812. The highest BCUT2D eigenvalue weighted by Crippen LogP contribution is 2.33. The summed E-state index contributed by atoms with van der Waals surface area (Å²) in [7, 11) is 0. The van der Waals surface area contributed by atoms with Crippen LogP contribution < -0.4 is 5.32 Å². The molecule has 3 rings (SSSR count). The second kappa shape index (κ2) is 4.19. The molecular formula is C14H20N2. The number of hydrogen-bond acceptors (Lipinski definition) is 2. The molecular weight excluding hydrogens is 196 g/mol. The zero-order valence-electron chi connectivity index (χ0n) is 9.78. The molecule has 2 heterocycles. The zero-order valence-corrected chi connectivity index (χ0v) is 9.78. The maximum Gasteiger partial charge on any atom is 0.0233 e. The average Bonchev–Trinajstić information content (AvgIpc) is 2.29. The minimum atomic E-state index is 0.618. The Balaban J connectivity index is 1.63. The van der Waals surface area contributed by atoms with Crippen molar-refractivity contribution in [2.75, 3.05) is 26.2 Å². The lowest BCUT2D eigenvalue weighted by Crippen LogP contribution is -2.60. The van der Waals surface area contributed by atoms with E-state index in [0.717, 1.165) is 6.54 Å². The van der Waals surface area contributed by atoms with Gasteiger partial charge in [0, 0.05) is 31.6 Å². The molecule has 2 aliphatic heterocycles. The third-order valence-electron chi connectivity index (χ3n) is 3.99. The van der Waals surface area contributed by atoms with E-state index < -0.39 is 0 Å². The Morgan fingerprint density at radius 2 is 2.00 bits per heavy atom. The fraction of sp³-hybridized carbons (Fsp3) is 0.571. The van der Waals surface area contributed by atoms with E-state index in [0.29, 0.717) is 5.41 Å². The van der Waals surface area contributed by atoms with E-state index in [-0.39, 0.29) is 0 Å². The first-order valence-electron chi connectivity index (χ1n) is 6.33. The first kappa shape index (κ1) is 10.3. The molecule has 0 amide bonds. The highest BCUT2D eigenvalue weighted by atomic mass is 15.2. The van der Waals surface area contributed by atoms with Gasteiger partial charge in [-0.3, -0.25) is 4.90 Å². The highest BCUT2D eigenvalue weighted by Gasteiger charge is 2.40. The molecule has 2 fully saturated rings. The summed E-state index contributed by atoms with van der Waals surface area (Å²) in [5, 5.41) is 3.43. The van der Waals surface area contributed by atoms with Crippen LogP contribution in [0.2, 0.25) is 0 Å². The van der Waals surface area contributed by atoms with Crippen molar-refractivity contribution >= 4 is 0 Å². The SMILES string of the molecule is c1ccc(CN2CCCC3(CNC3)C2)cc1. The van der Waals surface area contributed by atoms with Gasteiger partial charge in [0.05, 0.1) is 0 Å². The van der Waals surface area contributed by atoms with Gasteiger partial charge in [-0.25, -0.2) is 0 Å². The Kier molecular flexibility index (Phi) is 2.70. The maximum absolute atomic E-state index is 3.43. The number of rotatable bonds is 2. The topological polar surface area (TPSA) is 15.3 Å². The summed E-state index contributed by atoms with van der Waals surface area (Å²) < 4.78 is 0. The summed E-state index contributed by atoms with van der Waals surface area (Å²) in [5.41, 5.74) is 2.07. The second-order valence-corrected chi connectivity index (χ2v) is 5.40. The van der Waals surface area contributed by atoms with E-state index in [1.165, 1.54) is 44.6 Å². The highest BCUT2D eigenvalue weighted by molar-refractivity contribution is 5.14. The number of likely N-dealkylation sites (tertiary alicyclic amines) is 1. The van der Waals surface area contributed by atoms with E-state index >= 15 is 0 Å². The van der Waals surface area contributed by atoms with Crippen molar-refractivity contribution in [3.8, 4) is 0 Å². The maximum atomic E-state index is 3.43. The van der Waals surface area contributed by atoms with E-state index in [1.54, 1.807) is 0 Å². The van der Waals surface area contributed by atoms with Gasteiger partial charge in [-0.05, 0) is 24.9 Å². The van der Waals surface area contributed by atoms with Crippen molar-refractivity contribution in [3.63, 3.8) is 0 Å². The van der Waals surface area contributed by atoms with Gasteiger partial charge < -0.3 is 5.32 Å². The van der Waals surface area contributed by atoms with Gasteiger partial charge >= 0.3 is 0 Å². The molecule has 2 saturated heterocycles. The molecule has 1 aromatic rings. The Labute approximate surface area is 97.6 Å². The number of benzene rings is 1. The Bertz CT molecular complexity index is 343. The number of nitrogens with zero attached hydrogens (tertiary/aromatic N) is 1. The second-order valence-electron chi connectivity index (χ2n) is 5.40. The van der Waals surface area contributed by atoms with E-state index in [1.807, 2.05) is 0 Å². The van der Waals surface area contributed by atoms with Crippen LogP contribution in [0, 0.1) is 5.41 Å². The number of nitrogens with one attached hydrogen (secondary N) is 1. The lowest BCUT2D eigenvalue weighted by molar-refractivity contribution is 0.0375. The van der Waals surface area contributed by atoms with E-state index in [4.69, 9.17) is 0 Å². The minimum Gasteiger partial charge on any atom is -0.315 e. The molecule has 16 heavy (non-hydrogen) atoms. The van der Waals surface area contributed by atoms with Gasteiger partial charge in [-0.15, -0.1) is 0 Å². The van der Waals surface area contributed by atoms with Crippen molar-refractivity contribution in [3.05, 3.63) is 35.9 Å². The lowest BCUT2D eigenvalue weighted by atomic mass is 9.75. The molecule has 1 N–H and O–H groups in total. The molecule has 86 valence electrons. The summed E-state index contributed by atoms with van der Waals surface area (Å²) in [6.45, 7) is 6.16. The fourth-order valence-corrected chi connectivity index (χ4v) is 3.05. The molecule has 0 unspecified atom stereocenters. The van der Waals surface area contributed by atoms with E-state index in [2.05, 4.69) is 40.5 Å². The largest absolute Gasteiger partial charge is 0.315 e. The summed E-state index contributed by atoms with van der Waals surface area (Å²) in [4.78, 5) is 2.62. The fourth-order valence-electron chi connectivity index (χ4n) is 3.05. The van der Waals surface area contributed by atoms with Crippen LogP contribution in [0.4, 0.5) is 0 Å². The summed E-state index contributed by atoms with van der Waals surface area (Å²) in [5.74, 6) is 0. The van der Waals surface area contributed by atoms with Gasteiger partial charge in [-0.2, -0.15) is 0 Å². The summed E-state index contributed by atoms with van der Waals surface area (Å²) >= 11 is 0. The van der Waals surface area contributed by atoms with Crippen molar-refractivity contribution < 1.29 is 0 Å². The zero-order chi connectivity index (χ0) is 10.8. The Morgan fingerprint density at radius 1 is 1.19 bits per heavy atom. The Morgan fingerprint density at radius 3 is 2.69 bits per heavy atom. The molecule has 2 nitrogen and oxygen atoms in total. The normalized spacial score (nSPS) is 24.2. The van der Waals surface area contributed by atoms with Gasteiger partial charge in [0.2, 0.25) is 0 Å². The Hall–Kier alpha value is -0.860. The molecule has 2 aliphatic rings. The molecule has 0 radical (unpaired) electrons. The van der Waals surface area contributed by atoms with Crippen LogP contribution in [-0.4, -0.2) is 31.1 Å². The lowest BCUT2D eigenvalue weighted by Gasteiger charge is -2.49. The molecule has 1 spiro atoms. The molecule has 0 aliphatic carbocycles. The molecule has 0 saturated carbocycles. The molecule has 0 bridgehead atoms.